The van der Waals surface area contributed by atoms with Gasteiger partial charge in [-0.1, -0.05) is 6.92 Å². The number of methoxy groups -OCH3 is 1. The Kier molecular flexibility index (Phi) is 5.21. The second-order valence-corrected chi connectivity index (χ2v) is 6.14. The van der Waals surface area contributed by atoms with Gasteiger partial charge in [-0.15, -0.1) is 10.2 Å². The highest BCUT2D eigenvalue weighted by atomic mass is 16.5. The third-order valence-corrected chi connectivity index (χ3v) is 4.35. The van der Waals surface area contributed by atoms with Crippen LogP contribution in [-0.2, 0) is 6.54 Å². The fourth-order valence-corrected chi connectivity index (χ4v) is 3.06. The molecule has 1 atom stereocenters. The van der Waals surface area contributed by atoms with Gasteiger partial charge in [-0.25, -0.2) is 0 Å². The number of fused-ring (bicyclic) bond motifs is 1. The standard InChI is InChI=1S/C18H24N4O3/c1-4-10-25-13-7-8-14(16(11-13)24-3)18(23)19-15-6-5-9-22-12(2)20-21-17(15)22/h7-8,11,15H,4-6,9-10H2,1-3H3,(H,19,23). The molecule has 1 N–H and O–H groups in total. The summed E-state index contributed by atoms with van der Waals surface area (Å²) in [6.07, 6.45) is 2.76. The van der Waals surface area contributed by atoms with E-state index < -0.39 is 0 Å². The number of nitrogens with one attached hydrogen (secondary N) is 1. The monoisotopic (exact) mass is 344 g/mol. The van der Waals surface area contributed by atoms with Gasteiger partial charge in [-0.2, -0.15) is 0 Å². The van der Waals surface area contributed by atoms with Crippen LogP contribution < -0.4 is 14.8 Å². The maximum Gasteiger partial charge on any atom is 0.255 e. The molecular formula is C18H24N4O3. The zero-order valence-electron chi connectivity index (χ0n) is 14.9. The third kappa shape index (κ3) is 3.60. The van der Waals surface area contributed by atoms with E-state index in [-0.39, 0.29) is 11.9 Å². The second-order valence-electron chi connectivity index (χ2n) is 6.14. The number of aromatic nitrogens is 3. The Bertz CT molecular complexity index is 757. The van der Waals surface area contributed by atoms with Crippen molar-refractivity contribution >= 4 is 5.91 Å². The summed E-state index contributed by atoms with van der Waals surface area (Å²) in [5.74, 6) is 2.71. The molecule has 3 rings (SSSR count). The number of aryl methyl sites for hydroxylation is 1. The molecule has 134 valence electrons. The highest BCUT2D eigenvalue weighted by Crippen LogP contribution is 2.28. The SMILES string of the molecule is CCCOc1ccc(C(=O)NC2CCCn3c(C)nnc32)c(OC)c1. The summed E-state index contributed by atoms with van der Waals surface area (Å²) < 4.78 is 13.0. The summed E-state index contributed by atoms with van der Waals surface area (Å²) >= 11 is 0. The number of hydrogen-bond donors (Lipinski definition) is 1. The lowest BCUT2D eigenvalue weighted by Gasteiger charge is -2.24. The molecule has 1 aromatic carbocycles. The van der Waals surface area contributed by atoms with Gasteiger partial charge in [0.1, 0.15) is 17.3 Å². The Morgan fingerprint density at radius 2 is 2.24 bits per heavy atom. The maximum atomic E-state index is 12.7. The minimum Gasteiger partial charge on any atom is -0.496 e. The van der Waals surface area contributed by atoms with Crippen LogP contribution in [0.4, 0.5) is 0 Å². The smallest absolute Gasteiger partial charge is 0.255 e. The zero-order chi connectivity index (χ0) is 17.8. The first-order chi connectivity index (χ1) is 12.1. The fraction of sp³-hybridized carbons (Fsp3) is 0.500. The Labute approximate surface area is 147 Å². The van der Waals surface area contributed by atoms with Crippen LogP contribution in [0.25, 0.3) is 0 Å². The van der Waals surface area contributed by atoms with E-state index in [2.05, 4.69) is 20.1 Å². The lowest BCUT2D eigenvalue weighted by atomic mass is 10.1. The fourth-order valence-electron chi connectivity index (χ4n) is 3.06. The molecule has 2 heterocycles. The molecule has 0 aliphatic carbocycles. The number of amides is 1. The summed E-state index contributed by atoms with van der Waals surface area (Å²) in [6.45, 7) is 5.50. The third-order valence-electron chi connectivity index (χ3n) is 4.35. The predicted molar refractivity (Wildman–Crippen MR) is 93.0 cm³/mol. The summed E-state index contributed by atoms with van der Waals surface area (Å²) in [4.78, 5) is 12.7. The first-order valence-corrected chi connectivity index (χ1v) is 8.65. The van der Waals surface area contributed by atoms with E-state index in [1.807, 2.05) is 13.8 Å². The molecule has 25 heavy (non-hydrogen) atoms. The zero-order valence-corrected chi connectivity index (χ0v) is 14.9. The topological polar surface area (TPSA) is 78.3 Å². The molecule has 0 bridgehead atoms. The van der Waals surface area contributed by atoms with Crippen LogP contribution in [0.5, 0.6) is 11.5 Å². The minimum absolute atomic E-state index is 0.136. The van der Waals surface area contributed by atoms with Gasteiger partial charge in [0.15, 0.2) is 5.82 Å². The molecule has 1 aliphatic rings. The van der Waals surface area contributed by atoms with E-state index in [0.717, 1.165) is 37.5 Å². The van der Waals surface area contributed by atoms with Crippen molar-refractivity contribution in [3.05, 3.63) is 35.4 Å². The average molecular weight is 344 g/mol. The van der Waals surface area contributed by atoms with Crippen molar-refractivity contribution in [3.8, 4) is 11.5 Å². The van der Waals surface area contributed by atoms with E-state index in [4.69, 9.17) is 9.47 Å². The Balaban J connectivity index is 1.77. The van der Waals surface area contributed by atoms with E-state index in [0.29, 0.717) is 23.7 Å². The molecule has 1 unspecified atom stereocenters. The lowest BCUT2D eigenvalue weighted by Crippen LogP contribution is -2.33. The molecule has 0 spiro atoms. The Morgan fingerprint density at radius 3 is 3.00 bits per heavy atom. The second kappa shape index (κ2) is 7.55. The summed E-state index contributed by atoms with van der Waals surface area (Å²) in [7, 11) is 1.55. The molecule has 0 saturated carbocycles. The molecule has 2 aromatic rings. The first kappa shape index (κ1) is 17.3. The molecule has 0 saturated heterocycles. The number of hydrogen-bond acceptors (Lipinski definition) is 5. The maximum absolute atomic E-state index is 12.7. The van der Waals surface area contributed by atoms with Gasteiger partial charge < -0.3 is 19.4 Å². The molecular weight excluding hydrogens is 320 g/mol. The largest absolute Gasteiger partial charge is 0.496 e. The van der Waals surface area contributed by atoms with Crippen LogP contribution in [-0.4, -0.2) is 34.4 Å². The number of nitrogens with zero attached hydrogens (tertiary/aromatic N) is 3. The van der Waals surface area contributed by atoms with Crippen molar-refractivity contribution in [3.63, 3.8) is 0 Å². The predicted octanol–water partition coefficient (Wildman–Crippen LogP) is 2.65. The molecule has 1 amide bonds. The normalized spacial score (nSPS) is 16.2. The van der Waals surface area contributed by atoms with Crippen LogP contribution in [0.1, 0.15) is 54.2 Å². The van der Waals surface area contributed by atoms with Crippen molar-refractivity contribution in [1.82, 2.24) is 20.1 Å². The van der Waals surface area contributed by atoms with Gasteiger partial charge >= 0.3 is 0 Å². The van der Waals surface area contributed by atoms with Crippen LogP contribution in [0.15, 0.2) is 18.2 Å². The number of benzene rings is 1. The Hall–Kier alpha value is -2.57. The van der Waals surface area contributed by atoms with E-state index in [1.165, 1.54) is 0 Å². The van der Waals surface area contributed by atoms with Gasteiger partial charge in [-0.05, 0) is 38.3 Å². The van der Waals surface area contributed by atoms with Crippen LogP contribution in [0, 0.1) is 6.92 Å². The highest BCUT2D eigenvalue weighted by molar-refractivity contribution is 5.97. The van der Waals surface area contributed by atoms with Crippen LogP contribution in [0.2, 0.25) is 0 Å². The van der Waals surface area contributed by atoms with Crippen molar-refractivity contribution in [2.45, 2.75) is 45.7 Å². The van der Waals surface area contributed by atoms with E-state index >= 15 is 0 Å². The van der Waals surface area contributed by atoms with Crippen LogP contribution >= 0.6 is 0 Å². The van der Waals surface area contributed by atoms with Gasteiger partial charge in [0.2, 0.25) is 0 Å². The van der Waals surface area contributed by atoms with Crippen LogP contribution in [0.3, 0.4) is 0 Å². The first-order valence-electron chi connectivity index (χ1n) is 8.65. The average Bonchev–Trinajstić information content (AvgIpc) is 3.02. The van der Waals surface area contributed by atoms with Crippen molar-refractivity contribution in [1.29, 1.82) is 0 Å². The van der Waals surface area contributed by atoms with Gasteiger partial charge in [0.25, 0.3) is 5.91 Å². The van der Waals surface area contributed by atoms with Gasteiger partial charge in [0, 0.05) is 12.6 Å². The molecule has 0 radical (unpaired) electrons. The molecule has 0 fully saturated rings. The lowest BCUT2D eigenvalue weighted by molar-refractivity contribution is 0.0924. The quantitative estimate of drug-likeness (QED) is 0.871. The highest BCUT2D eigenvalue weighted by Gasteiger charge is 2.26. The summed E-state index contributed by atoms with van der Waals surface area (Å²) in [6, 6.07) is 5.14. The number of ether oxygens (including phenoxy) is 2. The number of rotatable bonds is 6. The van der Waals surface area contributed by atoms with E-state index in [9.17, 15) is 4.79 Å². The van der Waals surface area contributed by atoms with Crippen molar-refractivity contribution < 1.29 is 14.3 Å². The number of carbonyl (C=O) groups excluding carboxylic acids is 1. The summed E-state index contributed by atoms with van der Waals surface area (Å²) in [5, 5.41) is 11.4. The summed E-state index contributed by atoms with van der Waals surface area (Å²) in [5.41, 5.74) is 0.486. The molecule has 1 aromatic heterocycles. The molecule has 7 heteroatoms. The minimum atomic E-state index is -0.182. The van der Waals surface area contributed by atoms with Gasteiger partial charge in [-0.3, -0.25) is 4.79 Å². The van der Waals surface area contributed by atoms with Crippen molar-refractivity contribution in [2.24, 2.45) is 0 Å². The number of carbonyl (C=O) groups is 1. The Morgan fingerprint density at radius 1 is 1.40 bits per heavy atom. The molecule has 7 nitrogen and oxygen atoms in total. The molecule has 1 aliphatic heterocycles. The van der Waals surface area contributed by atoms with Crippen molar-refractivity contribution in [2.75, 3.05) is 13.7 Å². The van der Waals surface area contributed by atoms with E-state index in [1.54, 1.807) is 25.3 Å². The van der Waals surface area contributed by atoms with Gasteiger partial charge in [0.05, 0.1) is 25.3 Å².